The smallest absolute Gasteiger partial charge is 0.308 e. The second-order valence-corrected chi connectivity index (χ2v) is 7.11. The Morgan fingerprint density at radius 2 is 1.92 bits per heavy atom. The van der Waals surface area contributed by atoms with Crippen molar-refractivity contribution in [2.45, 2.75) is 20.3 Å². The highest BCUT2D eigenvalue weighted by molar-refractivity contribution is 6.30. The van der Waals surface area contributed by atoms with Crippen molar-refractivity contribution >= 4 is 29.0 Å². The lowest BCUT2D eigenvalue weighted by Gasteiger charge is -2.33. The summed E-state index contributed by atoms with van der Waals surface area (Å²) in [6.45, 7) is 4.02. The van der Waals surface area contributed by atoms with Crippen LogP contribution in [0, 0.1) is 16.7 Å². The number of urea groups is 1. The molecule has 0 bridgehead atoms. The third kappa shape index (κ3) is 3.52. The average molecular weight is 352 g/mol. The van der Waals surface area contributed by atoms with Crippen LogP contribution in [-0.2, 0) is 6.42 Å². The maximum Gasteiger partial charge on any atom is 0.323 e. The first-order valence-electron chi connectivity index (χ1n) is 7.97. The number of halogens is 1. The normalized spacial score (nSPS) is 15.1. The van der Waals surface area contributed by atoms with Crippen LogP contribution in [0.25, 0.3) is 5.70 Å². The van der Waals surface area contributed by atoms with E-state index in [1.807, 2.05) is 38.1 Å². The number of hydrogen-bond acceptors (Lipinski definition) is 2. The van der Waals surface area contributed by atoms with Gasteiger partial charge in [-0.25, -0.2) is 4.79 Å². The van der Waals surface area contributed by atoms with Gasteiger partial charge in [0, 0.05) is 21.7 Å². The molecule has 0 heterocycles. The first-order chi connectivity index (χ1) is 11.9. The number of nitrogens with zero attached hydrogens (tertiary/aromatic N) is 1. The molecule has 0 fully saturated rings. The van der Waals surface area contributed by atoms with Crippen molar-refractivity contribution in [2.75, 3.05) is 5.32 Å². The summed E-state index contributed by atoms with van der Waals surface area (Å²) in [6.07, 6.45) is 0.757. The molecule has 25 heavy (non-hydrogen) atoms. The molecule has 0 saturated heterocycles. The summed E-state index contributed by atoms with van der Waals surface area (Å²) in [6, 6.07) is 16.6. The van der Waals surface area contributed by atoms with E-state index in [0.29, 0.717) is 22.0 Å². The highest BCUT2D eigenvalue weighted by Crippen LogP contribution is 2.41. The van der Waals surface area contributed by atoms with Crippen LogP contribution >= 0.6 is 11.6 Å². The summed E-state index contributed by atoms with van der Waals surface area (Å²) in [5, 5.41) is 15.8. The Bertz CT molecular complexity index is 909. The number of allylic oxidation sites excluding steroid dienone is 1. The van der Waals surface area contributed by atoms with Crippen molar-refractivity contribution in [2.24, 2.45) is 5.41 Å². The van der Waals surface area contributed by atoms with E-state index in [-0.39, 0.29) is 5.41 Å². The summed E-state index contributed by atoms with van der Waals surface area (Å²) in [5.74, 6) is 0. The van der Waals surface area contributed by atoms with E-state index in [1.54, 1.807) is 24.3 Å². The van der Waals surface area contributed by atoms with Crippen LogP contribution in [-0.4, -0.2) is 6.03 Å². The molecule has 1 aliphatic rings. The summed E-state index contributed by atoms with van der Waals surface area (Å²) in [7, 11) is 0. The Balaban J connectivity index is 1.94. The molecule has 2 aromatic rings. The second-order valence-electron chi connectivity index (χ2n) is 6.67. The number of hydrogen-bond donors (Lipinski definition) is 2. The van der Waals surface area contributed by atoms with E-state index in [0.717, 1.165) is 17.5 Å². The van der Waals surface area contributed by atoms with Gasteiger partial charge in [0.15, 0.2) is 0 Å². The number of rotatable bonds is 2. The van der Waals surface area contributed by atoms with Crippen molar-refractivity contribution in [1.82, 2.24) is 5.32 Å². The second kappa shape index (κ2) is 6.62. The van der Waals surface area contributed by atoms with Crippen LogP contribution < -0.4 is 10.6 Å². The fourth-order valence-electron chi connectivity index (χ4n) is 3.14. The van der Waals surface area contributed by atoms with Gasteiger partial charge in [-0.15, -0.1) is 0 Å². The molecule has 2 aromatic carbocycles. The number of amides is 2. The number of carbonyl (C=O) groups is 1. The minimum Gasteiger partial charge on any atom is -0.308 e. The third-order valence-electron chi connectivity index (χ3n) is 4.28. The van der Waals surface area contributed by atoms with Gasteiger partial charge in [-0.3, -0.25) is 0 Å². The molecule has 0 atom stereocenters. The van der Waals surface area contributed by atoms with Crippen molar-refractivity contribution in [1.29, 1.82) is 5.26 Å². The fourth-order valence-corrected chi connectivity index (χ4v) is 3.33. The molecule has 0 spiro atoms. The Morgan fingerprint density at radius 3 is 2.64 bits per heavy atom. The molecule has 126 valence electrons. The summed E-state index contributed by atoms with van der Waals surface area (Å²) in [5.41, 5.74) is 3.39. The van der Waals surface area contributed by atoms with E-state index in [1.165, 1.54) is 0 Å². The maximum absolute atomic E-state index is 12.5. The molecular formula is C20H18ClN3O. The highest BCUT2D eigenvalue weighted by atomic mass is 35.5. The highest BCUT2D eigenvalue weighted by Gasteiger charge is 2.34. The molecule has 3 rings (SSSR count). The van der Waals surface area contributed by atoms with Crippen LogP contribution in [0.1, 0.15) is 25.0 Å². The van der Waals surface area contributed by atoms with E-state index < -0.39 is 6.03 Å². The predicted octanol–water partition coefficient (Wildman–Crippen LogP) is 4.98. The zero-order valence-corrected chi connectivity index (χ0v) is 14.8. The third-order valence-corrected chi connectivity index (χ3v) is 4.51. The van der Waals surface area contributed by atoms with Gasteiger partial charge < -0.3 is 10.6 Å². The van der Waals surface area contributed by atoms with Crippen LogP contribution in [0.4, 0.5) is 10.5 Å². The van der Waals surface area contributed by atoms with Crippen LogP contribution in [0.3, 0.4) is 0 Å². The Kier molecular flexibility index (Phi) is 4.52. The standard InChI is InChI=1S/C20H18ClN3O/c1-20(2)11-13-6-3-4-9-16(13)18(17(20)12-22)24-19(25)23-15-8-5-7-14(21)10-15/h3-10H,11H2,1-2H3,(H2,23,24,25). The van der Waals surface area contributed by atoms with Crippen molar-refractivity contribution < 1.29 is 4.79 Å². The van der Waals surface area contributed by atoms with Crippen LogP contribution in [0.15, 0.2) is 54.1 Å². The number of carbonyl (C=O) groups excluding carboxylic acids is 1. The number of benzene rings is 2. The van der Waals surface area contributed by atoms with Gasteiger partial charge in [0.25, 0.3) is 0 Å². The van der Waals surface area contributed by atoms with Gasteiger partial charge in [-0.1, -0.05) is 55.8 Å². The SMILES string of the molecule is CC1(C)Cc2ccccc2C(NC(=O)Nc2cccc(Cl)c2)=C1C#N. The minimum atomic E-state index is -0.405. The quantitative estimate of drug-likeness (QED) is 0.801. The zero-order chi connectivity index (χ0) is 18.0. The molecule has 2 amide bonds. The molecule has 0 aromatic heterocycles. The minimum absolute atomic E-state index is 0.345. The van der Waals surface area contributed by atoms with Gasteiger partial charge in [-0.2, -0.15) is 5.26 Å². The molecular weight excluding hydrogens is 334 g/mol. The number of anilines is 1. The van der Waals surface area contributed by atoms with Crippen molar-refractivity contribution in [3.05, 3.63) is 70.3 Å². The van der Waals surface area contributed by atoms with E-state index >= 15 is 0 Å². The molecule has 1 aliphatic carbocycles. The summed E-state index contributed by atoms with van der Waals surface area (Å²) >= 11 is 5.95. The molecule has 4 nitrogen and oxygen atoms in total. The Hall–Kier alpha value is -2.77. The van der Waals surface area contributed by atoms with Gasteiger partial charge in [0.05, 0.1) is 17.3 Å². The first kappa shape index (κ1) is 17.1. The Labute approximate surface area is 152 Å². The van der Waals surface area contributed by atoms with Crippen LogP contribution in [0.5, 0.6) is 0 Å². The first-order valence-corrected chi connectivity index (χ1v) is 8.35. The lowest BCUT2D eigenvalue weighted by atomic mass is 9.72. The van der Waals surface area contributed by atoms with Crippen molar-refractivity contribution in [3.8, 4) is 6.07 Å². The van der Waals surface area contributed by atoms with E-state index in [4.69, 9.17) is 11.6 Å². The lowest BCUT2D eigenvalue weighted by molar-refractivity contribution is 0.255. The average Bonchev–Trinajstić information content (AvgIpc) is 2.54. The van der Waals surface area contributed by atoms with Crippen LogP contribution in [0.2, 0.25) is 5.02 Å². The molecule has 0 unspecified atom stereocenters. The molecule has 0 aliphatic heterocycles. The van der Waals surface area contributed by atoms with E-state index in [2.05, 4.69) is 16.7 Å². The molecule has 0 saturated carbocycles. The number of nitrogens with one attached hydrogen (secondary N) is 2. The zero-order valence-electron chi connectivity index (χ0n) is 14.1. The number of nitriles is 1. The molecule has 2 N–H and O–H groups in total. The van der Waals surface area contributed by atoms with Gasteiger partial charge in [0.2, 0.25) is 0 Å². The van der Waals surface area contributed by atoms with Gasteiger partial charge in [-0.05, 0) is 30.2 Å². The molecule has 0 radical (unpaired) electrons. The largest absolute Gasteiger partial charge is 0.323 e. The Morgan fingerprint density at radius 1 is 1.16 bits per heavy atom. The van der Waals surface area contributed by atoms with Crippen molar-refractivity contribution in [3.63, 3.8) is 0 Å². The maximum atomic E-state index is 12.5. The van der Waals surface area contributed by atoms with E-state index in [9.17, 15) is 10.1 Å². The topological polar surface area (TPSA) is 64.9 Å². The fraction of sp³-hybridized carbons (Fsp3) is 0.200. The monoisotopic (exact) mass is 351 g/mol. The lowest BCUT2D eigenvalue weighted by Crippen LogP contribution is -2.34. The summed E-state index contributed by atoms with van der Waals surface area (Å²) < 4.78 is 0. The molecule has 5 heteroatoms. The number of fused-ring (bicyclic) bond motifs is 1. The predicted molar refractivity (Wildman–Crippen MR) is 100 cm³/mol. The summed E-state index contributed by atoms with van der Waals surface area (Å²) in [4.78, 5) is 12.5. The van der Waals surface area contributed by atoms with Gasteiger partial charge >= 0.3 is 6.03 Å². The van der Waals surface area contributed by atoms with Gasteiger partial charge in [0.1, 0.15) is 0 Å².